The number of hydrogen-bond donors (Lipinski definition) is 3. The van der Waals surface area contributed by atoms with Crippen molar-refractivity contribution >= 4 is 5.69 Å². The minimum atomic E-state index is -0.315. The van der Waals surface area contributed by atoms with Crippen molar-refractivity contribution in [3.8, 4) is 29.1 Å². The lowest BCUT2D eigenvalue weighted by molar-refractivity contribution is -0.0683. The number of likely N-dealkylation sites (N-methyl/N-ethyl adjacent to an activating group) is 1. The van der Waals surface area contributed by atoms with Crippen LogP contribution in [0.15, 0.2) is 6.07 Å². The highest BCUT2D eigenvalue weighted by molar-refractivity contribution is 5.76. The molecule has 6 rings (SSSR count). The summed E-state index contributed by atoms with van der Waals surface area (Å²) < 4.78 is 11.2. The first-order chi connectivity index (χ1) is 16.3. The van der Waals surface area contributed by atoms with Crippen LogP contribution in [0.3, 0.4) is 0 Å². The number of anilines is 1. The molecular weight excluding hydrogens is 432 g/mol. The van der Waals surface area contributed by atoms with E-state index in [1.807, 2.05) is 13.8 Å². The minimum absolute atomic E-state index is 0.00233. The Bertz CT molecular complexity index is 1270. The normalized spacial score (nSPS) is 28.9. The Hall–Kier alpha value is -3.15. The van der Waals surface area contributed by atoms with E-state index in [-0.39, 0.29) is 41.7 Å². The zero-order valence-corrected chi connectivity index (χ0v) is 20.1. The molecule has 34 heavy (non-hydrogen) atoms. The maximum Gasteiger partial charge on any atom is 0.163 e. The molecule has 2 aromatic carbocycles. The first kappa shape index (κ1) is 21.4. The van der Waals surface area contributed by atoms with Gasteiger partial charge in [0.25, 0.3) is 0 Å². The summed E-state index contributed by atoms with van der Waals surface area (Å²) in [4.78, 5) is 4.59. The third-order valence-electron chi connectivity index (χ3n) is 8.61. The van der Waals surface area contributed by atoms with Crippen LogP contribution in [0.1, 0.15) is 45.5 Å². The summed E-state index contributed by atoms with van der Waals surface area (Å²) in [6, 6.07) is 4.13. The molecule has 0 radical (unpaired) electrons. The van der Waals surface area contributed by atoms with E-state index in [1.54, 1.807) is 14.2 Å². The first-order valence-electron chi connectivity index (χ1n) is 11.8. The molecule has 1 fully saturated rings. The van der Waals surface area contributed by atoms with Gasteiger partial charge in [-0.15, -0.1) is 0 Å². The number of methoxy groups -OCH3 is 2. The van der Waals surface area contributed by atoms with Crippen LogP contribution in [0.2, 0.25) is 0 Å². The van der Waals surface area contributed by atoms with Gasteiger partial charge in [-0.3, -0.25) is 9.80 Å². The summed E-state index contributed by atoms with van der Waals surface area (Å²) in [5.74, 6) is 1.63. The molecule has 0 spiro atoms. The molecular formula is C26H30N4O4. The van der Waals surface area contributed by atoms with Crippen molar-refractivity contribution in [3.05, 3.63) is 39.4 Å². The summed E-state index contributed by atoms with van der Waals surface area (Å²) in [6.45, 7) is 4.47. The Morgan fingerprint density at radius 1 is 1.06 bits per heavy atom. The number of phenols is 2. The SMILES string of the molecule is COc1c(C)cc2c(c1O)[C@@H]1[C@@H]3Cc4c(O)c(C)c(OC)c5c4[C@H](CN5)N3[C@@H](C#N)[C@H](C2)N1C. The van der Waals surface area contributed by atoms with Gasteiger partial charge in [-0.1, -0.05) is 6.07 Å². The summed E-state index contributed by atoms with van der Waals surface area (Å²) in [6.07, 6.45) is 1.26. The van der Waals surface area contributed by atoms with E-state index in [1.165, 1.54) is 0 Å². The molecule has 8 heteroatoms. The summed E-state index contributed by atoms with van der Waals surface area (Å²) in [5, 5.41) is 36.5. The Morgan fingerprint density at radius 2 is 1.79 bits per heavy atom. The van der Waals surface area contributed by atoms with E-state index < -0.39 is 0 Å². The maximum atomic E-state index is 11.3. The molecule has 4 aliphatic heterocycles. The molecule has 8 nitrogen and oxygen atoms in total. The number of aromatic hydroxyl groups is 2. The lowest BCUT2D eigenvalue weighted by atomic mass is 9.72. The fourth-order valence-electron chi connectivity index (χ4n) is 7.25. The highest BCUT2D eigenvalue weighted by Gasteiger charge is 2.57. The monoisotopic (exact) mass is 462 g/mol. The number of nitrogens with zero attached hydrogens (tertiary/aromatic N) is 3. The van der Waals surface area contributed by atoms with Gasteiger partial charge < -0.3 is 25.0 Å². The summed E-state index contributed by atoms with van der Waals surface area (Å²) in [7, 11) is 5.26. The Balaban J connectivity index is 1.59. The lowest BCUT2D eigenvalue weighted by Gasteiger charge is -2.59. The number of phenolic OH excluding ortho intramolecular Hbond substituents is 2. The highest BCUT2D eigenvalue weighted by Crippen LogP contribution is 2.58. The largest absolute Gasteiger partial charge is 0.507 e. The first-order valence-corrected chi connectivity index (χ1v) is 11.8. The molecule has 0 amide bonds. The number of rotatable bonds is 2. The van der Waals surface area contributed by atoms with E-state index in [0.29, 0.717) is 30.9 Å². The topological polar surface area (TPSA) is 101 Å². The number of hydrogen-bond acceptors (Lipinski definition) is 8. The summed E-state index contributed by atoms with van der Waals surface area (Å²) in [5.41, 5.74) is 6.47. The van der Waals surface area contributed by atoms with Gasteiger partial charge in [0.2, 0.25) is 0 Å². The van der Waals surface area contributed by atoms with Crippen molar-refractivity contribution < 1.29 is 19.7 Å². The number of aryl methyl sites for hydroxylation is 1. The Morgan fingerprint density at radius 3 is 2.47 bits per heavy atom. The van der Waals surface area contributed by atoms with Gasteiger partial charge in [-0.2, -0.15) is 5.26 Å². The van der Waals surface area contributed by atoms with Crippen LogP contribution in [0.4, 0.5) is 5.69 Å². The average molecular weight is 463 g/mol. The van der Waals surface area contributed by atoms with Crippen molar-refractivity contribution in [3.63, 3.8) is 0 Å². The number of piperazine rings is 1. The zero-order valence-electron chi connectivity index (χ0n) is 20.1. The molecule has 5 atom stereocenters. The van der Waals surface area contributed by atoms with Crippen molar-refractivity contribution in [1.29, 1.82) is 5.26 Å². The van der Waals surface area contributed by atoms with Gasteiger partial charge in [0.05, 0.1) is 38.1 Å². The quantitative estimate of drug-likeness (QED) is 0.586. The second kappa shape index (κ2) is 7.17. The second-order valence-electron chi connectivity index (χ2n) is 9.99. The lowest BCUT2D eigenvalue weighted by Crippen LogP contribution is -2.68. The number of fused-ring (bicyclic) bond motifs is 7. The van der Waals surface area contributed by atoms with Gasteiger partial charge in [-0.05, 0) is 44.9 Å². The zero-order chi connectivity index (χ0) is 24.0. The number of ether oxygens (including phenoxy) is 2. The van der Waals surface area contributed by atoms with Crippen LogP contribution >= 0.6 is 0 Å². The molecule has 2 bridgehead atoms. The molecule has 0 unspecified atom stereocenters. The van der Waals surface area contributed by atoms with E-state index in [9.17, 15) is 15.5 Å². The Kier molecular flexibility index (Phi) is 4.51. The molecule has 2 aromatic rings. The second-order valence-corrected chi connectivity index (χ2v) is 9.99. The number of nitrogens with one attached hydrogen (secondary N) is 1. The van der Waals surface area contributed by atoms with Crippen LogP contribution in [0.5, 0.6) is 23.0 Å². The van der Waals surface area contributed by atoms with Crippen LogP contribution in [0, 0.1) is 25.2 Å². The maximum absolute atomic E-state index is 11.3. The molecule has 0 saturated carbocycles. The molecule has 0 aromatic heterocycles. The molecule has 4 aliphatic rings. The standard InChI is InChI=1S/C26H30N4O4/c1-11-6-13-7-15-17(9-27)30-16(22(29(15)3)19(13)24(32)25(11)33-4)8-14-20-18(30)10-28-21(20)26(34-5)12(2)23(14)31/h6,15-18,22,28,31-32H,7-8,10H2,1-5H3/t15-,16-,17-,18-,22-/m0/s1. The van der Waals surface area contributed by atoms with Crippen LogP contribution in [-0.2, 0) is 12.8 Å². The van der Waals surface area contributed by atoms with E-state index in [4.69, 9.17) is 9.47 Å². The van der Waals surface area contributed by atoms with E-state index >= 15 is 0 Å². The van der Waals surface area contributed by atoms with Crippen LogP contribution < -0.4 is 14.8 Å². The predicted molar refractivity (Wildman–Crippen MR) is 127 cm³/mol. The fourth-order valence-corrected chi connectivity index (χ4v) is 7.25. The van der Waals surface area contributed by atoms with Gasteiger partial charge in [-0.25, -0.2) is 0 Å². The van der Waals surface area contributed by atoms with Crippen molar-refractivity contribution in [2.45, 2.75) is 56.9 Å². The molecule has 178 valence electrons. The Labute approximate surface area is 199 Å². The number of benzene rings is 2. The van der Waals surface area contributed by atoms with Gasteiger partial charge in [0, 0.05) is 40.9 Å². The molecule has 0 aliphatic carbocycles. The molecule has 4 heterocycles. The van der Waals surface area contributed by atoms with Crippen molar-refractivity contribution in [2.24, 2.45) is 0 Å². The minimum Gasteiger partial charge on any atom is -0.507 e. The van der Waals surface area contributed by atoms with Gasteiger partial charge in [0.1, 0.15) is 17.5 Å². The highest BCUT2D eigenvalue weighted by atomic mass is 16.5. The predicted octanol–water partition coefficient (Wildman–Crippen LogP) is 2.93. The number of nitriles is 1. The van der Waals surface area contributed by atoms with Crippen molar-refractivity contribution in [2.75, 3.05) is 33.1 Å². The van der Waals surface area contributed by atoms with Gasteiger partial charge in [0.15, 0.2) is 11.5 Å². The van der Waals surface area contributed by atoms with Crippen LogP contribution in [0.25, 0.3) is 0 Å². The average Bonchev–Trinajstić information content (AvgIpc) is 3.24. The van der Waals surface area contributed by atoms with E-state index in [2.05, 4.69) is 34.3 Å². The summed E-state index contributed by atoms with van der Waals surface area (Å²) >= 11 is 0. The molecule has 1 saturated heterocycles. The van der Waals surface area contributed by atoms with Gasteiger partial charge >= 0.3 is 0 Å². The smallest absolute Gasteiger partial charge is 0.163 e. The van der Waals surface area contributed by atoms with Crippen molar-refractivity contribution in [1.82, 2.24) is 9.80 Å². The third-order valence-corrected chi connectivity index (χ3v) is 8.61. The molecule has 3 N–H and O–H groups in total. The fraction of sp³-hybridized carbons (Fsp3) is 0.500. The van der Waals surface area contributed by atoms with E-state index in [0.717, 1.165) is 39.1 Å². The van der Waals surface area contributed by atoms with Crippen LogP contribution in [-0.4, -0.2) is 66.0 Å². The third kappa shape index (κ3) is 2.44.